The van der Waals surface area contributed by atoms with Crippen molar-refractivity contribution in [1.82, 2.24) is 20.2 Å². The first-order valence-electron chi connectivity index (χ1n) is 20.3. The molecular weight excluding hydrogens is 789 g/mol. The Kier molecular flexibility index (Phi) is 12.3. The van der Waals surface area contributed by atoms with Crippen molar-refractivity contribution in [3.05, 3.63) is 77.4 Å². The molecule has 2 aliphatic heterocycles. The standard InChI is InChI=1S/C44H50N6O7S2/c1-5-6-7-8-9-10-11-12-16-41(52)50(35-15-13-14-29-31(35)26-49(43(29)54)36-18-20-40(51)48-42(36)53)57-37-25-33-30(24-39(37)59(55,56)44(2,3)4)32(21-22-45-33)47-28-17-19-38-34(23-28)46-27-58-38/h13-15,17,19,21-25,27,36H,5-12,16,18,20,26H2,1-4H3,(H,45,47)(H,48,51,53). The van der Waals surface area contributed by atoms with Crippen LogP contribution in [0.3, 0.4) is 0 Å². The molecule has 2 aliphatic rings. The van der Waals surface area contributed by atoms with Crippen LogP contribution in [0.25, 0.3) is 21.1 Å². The minimum Gasteiger partial charge on any atom is -0.370 e. The van der Waals surface area contributed by atoms with Gasteiger partial charge in [0.05, 0.1) is 31.7 Å². The Balaban J connectivity index is 1.27. The SMILES string of the molecule is CCCCCCCCCCC(=O)N(Oc1cc2nccc(Nc3ccc4scnc4c3)c2cc1S(=O)(=O)C(C)(C)C)c1cccc2c1CN(C1CCC(=O)NC1=O)C2=O. The highest BCUT2D eigenvalue weighted by atomic mass is 32.2. The summed E-state index contributed by atoms with van der Waals surface area (Å²) in [4.78, 5) is 70.0. The third-order valence-corrected chi connectivity index (χ3v) is 14.3. The predicted octanol–water partition coefficient (Wildman–Crippen LogP) is 8.78. The summed E-state index contributed by atoms with van der Waals surface area (Å²) in [7, 11) is -4.11. The van der Waals surface area contributed by atoms with Crippen LogP contribution in [0.5, 0.6) is 5.75 Å². The van der Waals surface area contributed by atoms with E-state index >= 15 is 0 Å². The number of pyridine rings is 1. The molecule has 1 fully saturated rings. The van der Waals surface area contributed by atoms with Gasteiger partial charge in [-0.25, -0.2) is 13.4 Å². The zero-order valence-electron chi connectivity index (χ0n) is 33.9. The van der Waals surface area contributed by atoms with E-state index in [2.05, 4.69) is 27.5 Å². The highest BCUT2D eigenvalue weighted by Gasteiger charge is 2.42. The van der Waals surface area contributed by atoms with Gasteiger partial charge < -0.3 is 15.1 Å². The number of unbranched alkanes of at least 4 members (excludes halogenated alkanes) is 7. The molecule has 13 nitrogen and oxygen atoms in total. The molecule has 1 atom stereocenters. The fraction of sp³-hybridized carbons (Fsp3) is 0.409. The van der Waals surface area contributed by atoms with Gasteiger partial charge >= 0.3 is 0 Å². The van der Waals surface area contributed by atoms with Crippen molar-refractivity contribution in [2.75, 3.05) is 10.4 Å². The van der Waals surface area contributed by atoms with Crippen LogP contribution in [-0.2, 0) is 30.8 Å². The van der Waals surface area contributed by atoms with Crippen molar-refractivity contribution in [3.63, 3.8) is 0 Å². The van der Waals surface area contributed by atoms with Crippen molar-refractivity contribution in [2.24, 2.45) is 0 Å². The Bertz CT molecular complexity index is 2530. The molecule has 1 saturated heterocycles. The monoisotopic (exact) mass is 838 g/mol. The predicted molar refractivity (Wildman–Crippen MR) is 229 cm³/mol. The molecule has 0 radical (unpaired) electrons. The van der Waals surface area contributed by atoms with E-state index in [1.165, 1.54) is 47.6 Å². The number of imide groups is 1. The van der Waals surface area contributed by atoms with Crippen LogP contribution in [0.1, 0.15) is 114 Å². The van der Waals surface area contributed by atoms with Gasteiger partial charge in [-0.3, -0.25) is 29.5 Å². The van der Waals surface area contributed by atoms with Gasteiger partial charge in [0, 0.05) is 59.5 Å². The van der Waals surface area contributed by atoms with Crippen LogP contribution in [0.15, 0.2) is 71.2 Å². The average molecular weight is 839 g/mol. The summed E-state index contributed by atoms with van der Waals surface area (Å²) in [5, 5.41) is 7.36. The first-order chi connectivity index (χ1) is 28.3. The summed E-state index contributed by atoms with van der Waals surface area (Å²) in [6, 6.07) is 14.7. The summed E-state index contributed by atoms with van der Waals surface area (Å²) in [6.07, 6.45) is 10.1. The number of sulfone groups is 1. The van der Waals surface area contributed by atoms with Crippen molar-refractivity contribution in [2.45, 2.75) is 121 Å². The minimum atomic E-state index is -4.11. The number of carbonyl (C=O) groups is 4. The van der Waals surface area contributed by atoms with Crippen molar-refractivity contribution in [1.29, 1.82) is 0 Å². The van der Waals surface area contributed by atoms with E-state index in [9.17, 15) is 27.6 Å². The number of nitrogens with one attached hydrogen (secondary N) is 2. The van der Waals surface area contributed by atoms with E-state index in [4.69, 9.17) is 4.84 Å². The Morgan fingerprint density at radius 2 is 1.73 bits per heavy atom. The molecule has 0 bridgehead atoms. The number of hydroxylamine groups is 1. The molecule has 310 valence electrons. The second-order valence-electron chi connectivity index (χ2n) is 16.2. The molecular formula is C44H50N6O7S2. The molecule has 4 amide bonds. The van der Waals surface area contributed by atoms with E-state index < -0.39 is 44.3 Å². The number of benzene rings is 3. The number of rotatable bonds is 16. The summed E-state index contributed by atoms with van der Waals surface area (Å²) in [5.74, 6) is -1.88. The first kappa shape index (κ1) is 41.7. The lowest BCUT2D eigenvalue weighted by molar-refractivity contribution is -0.137. The molecule has 59 heavy (non-hydrogen) atoms. The molecule has 2 aromatic heterocycles. The third-order valence-electron chi connectivity index (χ3n) is 10.9. The number of amides is 4. The van der Waals surface area contributed by atoms with E-state index in [-0.39, 0.29) is 47.7 Å². The summed E-state index contributed by atoms with van der Waals surface area (Å²) < 4.78 is 28.7. The zero-order chi connectivity index (χ0) is 41.9. The molecule has 4 heterocycles. The highest BCUT2D eigenvalue weighted by Crippen LogP contribution is 2.41. The van der Waals surface area contributed by atoms with Crippen molar-refractivity contribution in [3.8, 4) is 5.75 Å². The number of thiazole rings is 1. The van der Waals surface area contributed by atoms with Crippen molar-refractivity contribution < 1.29 is 32.4 Å². The summed E-state index contributed by atoms with van der Waals surface area (Å²) in [5.41, 5.74) is 5.39. The van der Waals surface area contributed by atoms with Gasteiger partial charge in [-0.15, -0.1) is 16.4 Å². The Morgan fingerprint density at radius 1 is 0.966 bits per heavy atom. The van der Waals surface area contributed by atoms with Gasteiger partial charge in [0.25, 0.3) is 11.8 Å². The molecule has 5 aromatic rings. The Hall–Kier alpha value is -5.41. The fourth-order valence-corrected chi connectivity index (χ4v) is 9.52. The lowest BCUT2D eigenvalue weighted by atomic mass is 10.0. The molecule has 0 spiro atoms. The van der Waals surface area contributed by atoms with Gasteiger partial charge in [-0.1, -0.05) is 57.9 Å². The zero-order valence-corrected chi connectivity index (χ0v) is 35.5. The molecule has 0 aliphatic carbocycles. The van der Waals surface area contributed by atoms with Gasteiger partial charge in [0.15, 0.2) is 15.6 Å². The first-order valence-corrected chi connectivity index (χ1v) is 22.7. The largest absolute Gasteiger partial charge is 0.370 e. The highest BCUT2D eigenvalue weighted by molar-refractivity contribution is 7.92. The summed E-state index contributed by atoms with van der Waals surface area (Å²) in [6.45, 7) is 6.97. The van der Waals surface area contributed by atoms with E-state index in [1.54, 1.807) is 56.7 Å². The normalized spacial score (nSPS) is 15.8. The fourth-order valence-electron chi connectivity index (χ4n) is 7.57. The lowest BCUT2D eigenvalue weighted by Crippen LogP contribution is -2.52. The van der Waals surface area contributed by atoms with Gasteiger partial charge in [0.2, 0.25) is 11.8 Å². The third kappa shape index (κ3) is 8.81. The van der Waals surface area contributed by atoms with Crippen LogP contribution < -0.4 is 20.5 Å². The van der Waals surface area contributed by atoms with Crippen LogP contribution in [0, 0.1) is 0 Å². The number of anilines is 3. The number of carbonyl (C=O) groups excluding carboxylic acids is 4. The Morgan fingerprint density at radius 3 is 2.47 bits per heavy atom. The molecule has 2 N–H and O–H groups in total. The minimum absolute atomic E-state index is 0.0182. The molecule has 7 rings (SSSR count). The van der Waals surface area contributed by atoms with E-state index in [0.29, 0.717) is 28.6 Å². The number of aromatic nitrogens is 2. The van der Waals surface area contributed by atoms with Gasteiger partial charge in [0.1, 0.15) is 10.9 Å². The maximum absolute atomic E-state index is 14.5. The van der Waals surface area contributed by atoms with Crippen LogP contribution in [0.4, 0.5) is 17.1 Å². The van der Waals surface area contributed by atoms with Gasteiger partial charge in [-0.2, -0.15) is 0 Å². The number of piperidine rings is 1. The molecule has 15 heteroatoms. The van der Waals surface area contributed by atoms with Gasteiger partial charge in [-0.05, 0) is 76.1 Å². The number of fused-ring (bicyclic) bond motifs is 3. The average Bonchev–Trinajstić information content (AvgIpc) is 3.81. The quantitative estimate of drug-likeness (QED) is 0.0557. The number of hydrogen-bond acceptors (Lipinski definition) is 11. The van der Waals surface area contributed by atoms with E-state index in [1.807, 2.05) is 18.2 Å². The topological polar surface area (TPSA) is 168 Å². The maximum Gasteiger partial charge on any atom is 0.259 e. The van der Waals surface area contributed by atoms with Crippen LogP contribution in [0.2, 0.25) is 0 Å². The second-order valence-corrected chi connectivity index (χ2v) is 19.7. The second kappa shape index (κ2) is 17.4. The van der Waals surface area contributed by atoms with Crippen LogP contribution >= 0.6 is 11.3 Å². The summed E-state index contributed by atoms with van der Waals surface area (Å²) >= 11 is 1.54. The van der Waals surface area contributed by atoms with Crippen molar-refractivity contribution >= 4 is 83.0 Å². The smallest absolute Gasteiger partial charge is 0.259 e. The molecule has 1 unspecified atom stereocenters. The number of nitrogens with zero attached hydrogens (tertiary/aromatic N) is 4. The van der Waals surface area contributed by atoms with E-state index in [0.717, 1.165) is 46.7 Å². The Labute approximate surface area is 348 Å². The van der Waals surface area contributed by atoms with Crippen LogP contribution in [-0.4, -0.2) is 57.7 Å². The number of hydrogen-bond donors (Lipinski definition) is 2. The molecule has 0 saturated carbocycles. The molecule has 3 aromatic carbocycles. The maximum atomic E-state index is 14.5. The lowest BCUT2D eigenvalue weighted by Gasteiger charge is -2.30.